The van der Waals surface area contributed by atoms with Crippen LogP contribution in [0.25, 0.3) is 0 Å². The van der Waals surface area contributed by atoms with E-state index in [0.29, 0.717) is 12.8 Å². The van der Waals surface area contributed by atoms with Crippen LogP contribution in [0, 0.1) is 3.14 Å². The Labute approximate surface area is 261 Å². The molecule has 0 unspecified atom stereocenters. The molecule has 0 radical (unpaired) electrons. The van der Waals surface area contributed by atoms with Gasteiger partial charge in [0.15, 0.2) is 0 Å². The molecule has 0 fully saturated rings. The van der Waals surface area contributed by atoms with Crippen molar-refractivity contribution in [3.63, 3.8) is 0 Å². The third-order valence-corrected chi connectivity index (χ3v) is 12.2. The van der Waals surface area contributed by atoms with Crippen molar-refractivity contribution < 1.29 is 9.59 Å². The third-order valence-electron chi connectivity index (χ3n) is 6.44. The van der Waals surface area contributed by atoms with E-state index < -0.39 is 0 Å². The highest BCUT2D eigenvalue weighted by Gasteiger charge is 2.12. The quantitative estimate of drug-likeness (QED) is 0.0831. The first-order chi connectivity index (χ1) is 19.4. The van der Waals surface area contributed by atoms with Gasteiger partial charge in [0.2, 0.25) is 11.8 Å². The normalized spacial score (nSPS) is 12.6. The van der Waals surface area contributed by atoms with Crippen molar-refractivity contribution in [3.8, 4) is 0 Å². The SMILES string of the molecule is C[C@H](NC(=O)CCCCCSc1sc(=S)sc1SCCCCCC(=O)N[C@@H](C)c1ccccc1)c1ccccc1. The van der Waals surface area contributed by atoms with Gasteiger partial charge in [0, 0.05) is 12.8 Å². The molecule has 3 rings (SSSR count). The standard InChI is InChI=1S/C31H40N2O2S5/c1-23(25-15-7-3-8-16-25)32-27(34)19-11-5-13-21-37-29-30(40-31(36)39-29)38-22-14-6-12-20-28(35)33-24(2)26-17-9-4-10-18-26/h3-4,7-10,15-18,23-24H,5-6,11-14,19-22H2,1-2H3,(H,32,34)(H,33,35)/t23-,24-/m0/s1. The number of nitrogens with one attached hydrogen (secondary N) is 2. The maximum atomic E-state index is 12.3. The minimum atomic E-state index is 0.0427. The summed E-state index contributed by atoms with van der Waals surface area (Å²) in [7, 11) is 0. The van der Waals surface area contributed by atoms with Crippen molar-refractivity contribution in [2.45, 2.75) is 85.7 Å². The fourth-order valence-corrected chi connectivity index (χ4v) is 10.4. The van der Waals surface area contributed by atoms with Gasteiger partial charge in [0.25, 0.3) is 0 Å². The second-order valence-corrected chi connectivity index (χ2v) is 15.7. The summed E-state index contributed by atoms with van der Waals surface area (Å²) < 4.78 is 3.66. The zero-order valence-corrected chi connectivity index (χ0v) is 27.4. The van der Waals surface area contributed by atoms with E-state index in [1.807, 2.05) is 98.0 Å². The van der Waals surface area contributed by atoms with E-state index in [1.165, 1.54) is 8.42 Å². The molecule has 216 valence electrons. The van der Waals surface area contributed by atoms with Gasteiger partial charge in [-0.3, -0.25) is 9.59 Å². The number of rotatable bonds is 18. The minimum Gasteiger partial charge on any atom is -0.350 e. The molecule has 4 nitrogen and oxygen atoms in total. The van der Waals surface area contributed by atoms with Gasteiger partial charge < -0.3 is 10.6 Å². The summed E-state index contributed by atoms with van der Waals surface area (Å²) in [4.78, 5) is 24.6. The fraction of sp³-hybridized carbons (Fsp3) is 0.452. The molecule has 2 atom stereocenters. The summed E-state index contributed by atoms with van der Waals surface area (Å²) in [5.41, 5.74) is 2.27. The van der Waals surface area contributed by atoms with Gasteiger partial charge in [-0.25, -0.2) is 0 Å². The molecule has 3 aromatic rings. The van der Waals surface area contributed by atoms with Crippen molar-refractivity contribution in [3.05, 3.63) is 74.9 Å². The van der Waals surface area contributed by atoms with E-state index in [0.717, 1.165) is 64.3 Å². The molecule has 0 saturated carbocycles. The highest BCUT2D eigenvalue weighted by atomic mass is 32.2. The molecule has 1 heterocycles. The molecule has 2 aromatic carbocycles. The lowest BCUT2D eigenvalue weighted by Crippen LogP contribution is -2.26. The summed E-state index contributed by atoms with van der Waals surface area (Å²) in [6, 6.07) is 20.2. The number of hydrogen-bond donors (Lipinski definition) is 2. The van der Waals surface area contributed by atoms with Gasteiger partial charge in [-0.15, -0.1) is 46.2 Å². The maximum Gasteiger partial charge on any atom is 0.220 e. The van der Waals surface area contributed by atoms with E-state index in [-0.39, 0.29) is 23.9 Å². The largest absolute Gasteiger partial charge is 0.350 e. The van der Waals surface area contributed by atoms with Crippen LogP contribution in [0.15, 0.2) is 69.1 Å². The average Bonchev–Trinajstić information content (AvgIpc) is 3.32. The van der Waals surface area contributed by atoms with E-state index in [1.54, 1.807) is 22.7 Å². The molecular weight excluding hydrogens is 593 g/mol. The van der Waals surface area contributed by atoms with Gasteiger partial charge in [0.05, 0.1) is 20.5 Å². The molecule has 0 aliphatic heterocycles. The molecule has 0 spiro atoms. The first-order valence-corrected chi connectivity index (χ1v) is 18.0. The molecule has 0 aliphatic rings. The number of thioether (sulfide) groups is 2. The Morgan fingerprint density at radius 2 is 1.07 bits per heavy atom. The molecule has 0 bridgehead atoms. The fourth-order valence-electron chi connectivity index (χ4n) is 4.17. The minimum absolute atomic E-state index is 0.0427. The average molecular weight is 633 g/mol. The van der Waals surface area contributed by atoms with Crippen LogP contribution in [-0.4, -0.2) is 23.3 Å². The molecule has 0 saturated heterocycles. The van der Waals surface area contributed by atoms with Crippen LogP contribution in [0.4, 0.5) is 0 Å². The van der Waals surface area contributed by atoms with E-state index >= 15 is 0 Å². The Morgan fingerprint density at radius 3 is 1.48 bits per heavy atom. The van der Waals surface area contributed by atoms with E-state index in [9.17, 15) is 9.59 Å². The zero-order chi connectivity index (χ0) is 28.6. The van der Waals surface area contributed by atoms with Crippen LogP contribution in [0.1, 0.15) is 88.4 Å². The smallest absolute Gasteiger partial charge is 0.220 e. The highest BCUT2D eigenvalue weighted by molar-refractivity contribution is 8.05. The topological polar surface area (TPSA) is 58.2 Å². The Kier molecular flexibility index (Phi) is 15.4. The van der Waals surface area contributed by atoms with Crippen LogP contribution >= 0.6 is 58.4 Å². The molecular formula is C31H40N2O2S5. The van der Waals surface area contributed by atoms with Gasteiger partial charge in [-0.1, -0.05) is 85.7 Å². The lowest BCUT2D eigenvalue weighted by molar-refractivity contribution is -0.122. The number of amides is 2. The molecule has 40 heavy (non-hydrogen) atoms. The van der Waals surface area contributed by atoms with Gasteiger partial charge in [-0.2, -0.15) is 0 Å². The van der Waals surface area contributed by atoms with Crippen LogP contribution in [0.5, 0.6) is 0 Å². The summed E-state index contributed by atoms with van der Waals surface area (Å²) in [6.45, 7) is 4.06. The van der Waals surface area contributed by atoms with Crippen LogP contribution in [-0.2, 0) is 9.59 Å². The number of benzene rings is 2. The first-order valence-electron chi connectivity index (χ1n) is 14.0. The molecule has 0 aliphatic carbocycles. The third kappa shape index (κ3) is 12.5. The van der Waals surface area contributed by atoms with Crippen molar-refractivity contribution in [2.75, 3.05) is 11.5 Å². The van der Waals surface area contributed by atoms with Gasteiger partial charge in [0.1, 0.15) is 3.14 Å². The first kappa shape index (κ1) is 32.9. The maximum absolute atomic E-state index is 12.3. The summed E-state index contributed by atoms with van der Waals surface area (Å²) in [5, 5.41) is 6.20. The predicted octanol–water partition coefficient (Wildman–Crippen LogP) is 9.60. The molecule has 2 N–H and O–H groups in total. The Morgan fingerprint density at radius 1 is 0.675 bits per heavy atom. The van der Waals surface area contributed by atoms with Crippen LogP contribution in [0.2, 0.25) is 0 Å². The van der Waals surface area contributed by atoms with Gasteiger partial charge in [-0.05, 0) is 62.2 Å². The predicted molar refractivity (Wildman–Crippen MR) is 177 cm³/mol. The lowest BCUT2D eigenvalue weighted by Gasteiger charge is -2.14. The van der Waals surface area contributed by atoms with Crippen molar-refractivity contribution in [2.24, 2.45) is 0 Å². The number of carbonyl (C=O) groups excluding carboxylic acids is 2. The van der Waals surface area contributed by atoms with Crippen molar-refractivity contribution in [1.82, 2.24) is 10.6 Å². The van der Waals surface area contributed by atoms with Crippen molar-refractivity contribution in [1.29, 1.82) is 0 Å². The number of hydrogen-bond acceptors (Lipinski definition) is 7. The number of carbonyl (C=O) groups is 2. The van der Waals surface area contributed by atoms with Crippen LogP contribution < -0.4 is 10.6 Å². The second kappa shape index (κ2) is 18.7. The lowest BCUT2D eigenvalue weighted by atomic mass is 10.1. The molecule has 1 aromatic heterocycles. The summed E-state index contributed by atoms with van der Waals surface area (Å²) in [6.07, 6.45) is 7.27. The summed E-state index contributed by atoms with van der Waals surface area (Å²) in [5.74, 6) is 2.35. The highest BCUT2D eigenvalue weighted by Crippen LogP contribution is 2.41. The molecule has 9 heteroatoms. The van der Waals surface area contributed by atoms with E-state index in [4.69, 9.17) is 12.2 Å². The Hall–Kier alpha value is -1.65. The monoisotopic (exact) mass is 632 g/mol. The summed E-state index contributed by atoms with van der Waals surface area (Å²) >= 11 is 12.7. The Balaban J connectivity index is 1.23. The number of unbranched alkanes of at least 4 members (excludes halogenated alkanes) is 4. The van der Waals surface area contributed by atoms with Crippen LogP contribution in [0.3, 0.4) is 0 Å². The van der Waals surface area contributed by atoms with Crippen molar-refractivity contribution >= 4 is 70.2 Å². The molecule has 2 amide bonds. The Bertz CT molecular complexity index is 1120. The zero-order valence-electron chi connectivity index (χ0n) is 23.4. The second-order valence-electron chi connectivity index (χ2n) is 9.75. The van der Waals surface area contributed by atoms with E-state index in [2.05, 4.69) is 10.6 Å². The van der Waals surface area contributed by atoms with Gasteiger partial charge >= 0.3 is 0 Å².